The van der Waals surface area contributed by atoms with Crippen molar-refractivity contribution in [2.75, 3.05) is 5.75 Å². The first-order valence-electron chi connectivity index (χ1n) is 5.34. The second-order valence-electron chi connectivity index (χ2n) is 3.80. The first-order valence-corrected chi connectivity index (χ1v) is 6.33. The fraction of sp³-hybridized carbons (Fsp3) is 0.417. The minimum atomic E-state index is 0. The summed E-state index contributed by atoms with van der Waals surface area (Å²) in [5, 5.41) is 0.758. The van der Waals surface area contributed by atoms with E-state index in [1.165, 1.54) is 12.0 Å². The lowest BCUT2D eigenvalue weighted by molar-refractivity contribution is 0.610. The minimum absolute atomic E-state index is 0. The van der Waals surface area contributed by atoms with Crippen LogP contribution >= 0.6 is 28.7 Å². The minimum Gasteiger partial charge on any atom is -0.379 e. The van der Waals surface area contributed by atoms with Crippen molar-refractivity contribution in [3.05, 3.63) is 35.9 Å². The molecule has 0 bridgehead atoms. The van der Waals surface area contributed by atoms with Gasteiger partial charge in [-0.15, -0.1) is 17.0 Å². The highest BCUT2D eigenvalue weighted by molar-refractivity contribution is 8.93. The highest BCUT2D eigenvalue weighted by atomic mass is 79.9. The monoisotopic (exact) mass is 300 g/mol. The number of rotatable bonds is 2. The van der Waals surface area contributed by atoms with Gasteiger partial charge in [0, 0.05) is 5.75 Å². The van der Waals surface area contributed by atoms with Crippen LogP contribution in [0.2, 0.25) is 0 Å². The van der Waals surface area contributed by atoms with E-state index in [9.17, 15) is 0 Å². The number of thioether (sulfide) groups is 1. The molecule has 4 heteroatoms. The van der Waals surface area contributed by atoms with Crippen LogP contribution in [0.25, 0.3) is 0 Å². The van der Waals surface area contributed by atoms with E-state index in [-0.39, 0.29) is 17.0 Å². The average Bonchev–Trinajstić information content (AvgIpc) is 2.44. The van der Waals surface area contributed by atoms with E-state index in [1.54, 1.807) is 11.8 Å². The van der Waals surface area contributed by atoms with E-state index in [0.29, 0.717) is 6.04 Å². The summed E-state index contributed by atoms with van der Waals surface area (Å²) in [6.45, 7) is 0. The fourth-order valence-electron chi connectivity index (χ4n) is 1.81. The molecule has 0 aliphatic carbocycles. The molecule has 0 saturated carbocycles. The molecule has 1 atom stereocenters. The molecular weight excluding hydrogens is 284 g/mol. The summed E-state index contributed by atoms with van der Waals surface area (Å²) in [6.07, 6.45) is 3.39. The number of hydrogen-bond donors (Lipinski definition) is 1. The molecule has 16 heavy (non-hydrogen) atoms. The molecule has 0 amide bonds. The maximum Gasteiger partial charge on any atom is 0.154 e. The fourth-order valence-corrected chi connectivity index (χ4v) is 2.56. The topological polar surface area (TPSA) is 38.4 Å². The Morgan fingerprint density at radius 1 is 1.31 bits per heavy atom. The van der Waals surface area contributed by atoms with Crippen LogP contribution in [0.3, 0.4) is 0 Å². The zero-order valence-corrected chi connectivity index (χ0v) is 11.7. The summed E-state index contributed by atoms with van der Waals surface area (Å²) in [5.74, 6) is 1.11. The molecule has 2 nitrogen and oxygen atoms in total. The van der Waals surface area contributed by atoms with Crippen molar-refractivity contribution in [2.45, 2.75) is 25.3 Å². The quantitative estimate of drug-likeness (QED) is 0.912. The van der Waals surface area contributed by atoms with E-state index in [2.05, 4.69) is 29.3 Å². The Labute approximate surface area is 111 Å². The van der Waals surface area contributed by atoms with Crippen molar-refractivity contribution < 1.29 is 0 Å². The molecule has 0 fully saturated rings. The number of aliphatic imine (C=N–C) groups is 1. The molecule has 2 N–H and O–H groups in total. The molecule has 1 aromatic carbocycles. The lowest BCUT2D eigenvalue weighted by Gasteiger charge is -2.10. The van der Waals surface area contributed by atoms with Crippen LogP contribution in [-0.2, 0) is 6.42 Å². The zero-order valence-electron chi connectivity index (χ0n) is 9.13. The number of amidine groups is 1. The third kappa shape index (κ3) is 4.18. The number of halogens is 1. The lowest BCUT2D eigenvalue weighted by atomic mass is 10.0. The summed E-state index contributed by atoms with van der Waals surface area (Å²) in [6, 6.07) is 10.9. The predicted octanol–water partition coefficient (Wildman–Crippen LogP) is 3.02. The number of benzene rings is 1. The van der Waals surface area contributed by atoms with E-state index in [1.807, 2.05) is 6.07 Å². The molecule has 1 heterocycles. The van der Waals surface area contributed by atoms with Gasteiger partial charge < -0.3 is 5.73 Å². The second kappa shape index (κ2) is 6.97. The van der Waals surface area contributed by atoms with Crippen LogP contribution in [0.15, 0.2) is 35.3 Å². The van der Waals surface area contributed by atoms with E-state index in [4.69, 9.17) is 5.73 Å². The lowest BCUT2D eigenvalue weighted by Crippen LogP contribution is -2.13. The van der Waals surface area contributed by atoms with Crippen molar-refractivity contribution >= 4 is 33.9 Å². The summed E-state index contributed by atoms with van der Waals surface area (Å²) in [7, 11) is 0. The Bertz CT molecular complexity index is 340. The van der Waals surface area contributed by atoms with Gasteiger partial charge in [0.25, 0.3) is 0 Å². The van der Waals surface area contributed by atoms with Gasteiger partial charge in [0.05, 0.1) is 6.04 Å². The van der Waals surface area contributed by atoms with Crippen LogP contribution in [0.4, 0.5) is 0 Å². The zero-order chi connectivity index (χ0) is 10.5. The molecule has 2 rings (SSSR count). The van der Waals surface area contributed by atoms with Crippen LogP contribution in [-0.4, -0.2) is 17.0 Å². The summed E-state index contributed by atoms with van der Waals surface area (Å²) in [5.41, 5.74) is 7.14. The average molecular weight is 301 g/mol. The van der Waals surface area contributed by atoms with Crippen LogP contribution in [0.1, 0.15) is 18.4 Å². The van der Waals surface area contributed by atoms with Gasteiger partial charge in [-0.3, -0.25) is 4.99 Å². The second-order valence-corrected chi connectivity index (χ2v) is 4.92. The molecule has 0 unspecified atom stereocenters. The molecule has 0 spiro atoms. The Morgan fingerprint density at radius 2 is 2.06 bits per heavy atom. The van der Waals surface area contributed by atoms with E-state index >= 15 is 0 Å². The number of nitrogens with two attached hydrogens (primary N) is 1. The van der Waals surface area contributed by atoms with Gasteiger partial charge in [-0.05, 0) is 24.8 Å². The van der Waals surface area contributed by atoms with Gasteiger partial charge in [-0.2, -0.15) is 0 Å². The molecule has 1 aliphatic heterocycles. The predicted molar refractivity (Wildman–Crippen MR) is 77.6 cm³/mol. The van der Waals surface area contributed by atoms with Crippen LogP contribution < -0.4 is 5.73 Å². The van der Waals surface area contributed by atoms with Gasteiger partial charge >= 0.3 is 0 Å². The van der Waals surface area contributed by atoms with Gasteiger partial charge in [0.15, 0.2) is 5.17 Å². The maximum absolute atomic E-state index is 5.79. The van der Waals surface area contributed by atoms with Gasteiger partial charge in [0.1, 0.15) is 0 Å². The van der Waals surface area contributed by atoms with Crippen LogP contribution in [0.5, 0.6) is 0 Å². The van der Waals surface area contributed by atoms with Gasteiger partial charge in [-0.25, -0.2) is 0 Å². The molecular formula is C12H17BrN2S. The Hall–Kier alpha value is -0.480. The SMILES string of the molecule is Br.NC1=N[C@@H](Cc2ccccc2)CCCS1. The van der Waals surface area contributed by atoms with E-state index in [0.717, 1.165) is 23.8 Å². The van der Waals surface area contributed by atoms with Crippen molar-refractivity contribution in [3.8, 4) is 0 Å². The van der Waals surface area contributed by atoms with Crippen LogP contribution in [0, 0.1) is 0 Å². The maximum atomic E-state index is 5.79. The Morgan fingerprint density at radius 3 is 2.81 bits per heavy atom. The third-order valence-electron chi connectivity index (χ3n) is 2.56. The van der Waals surface area contributed by atoms with Crippen molar-refractivity contribution in [1.29, 1.82) is 0 Å². The standard InChI is InChI=1S/C12H16N2S.BrH/c13-12-14-11(7-4-8-15-12)9-10-5-2-1-3-6-10;/h1-3,5-6,11H,4,7-9H2,(H2,13,14);1H/t11-;/m1./s1. The highest BCUT2D eigenvalue weighted by Crippen LogP contribution is 2.18. The molecule has 1 aliphatic rings. The first kappa shape index (κ1) is 13.6. The molecule has 0 radical (unpaired) electrons. The van der Waals surface area contributed by atoms with E-state index < -0.39 is 0 Å². The van der Waals surface area contributed by atoms with Gasteiger partial charge in [0.2, 0.25) is 0 Å². The molecule has 0 aromatic heterocycles. The number of hydrogen-bond acceptors (Lipinski definition) is 3. The first-order chi connectivity index (χ1) is 7.34. The normalized spacial score (nSPS) is 20.5. The Balaban J connectivity index is 0.00000128. The largest absolute Gasteiger partial charge is 0.379 e. The van der Waals surface area contributed by atoms with Crippen molar-refractivity contribution in [1.82, 2.24) is 0 Å². The molecule has 0 saturated heterocycles. The third-order valence-corrected chi connectivity index (χ3v) is 3.45. The highest BCUT2D eigenvalue weighted by Gasteiger charge is 2.12. The molecule has 1 aromatic rings. The van der Waals surface area contributed by atoms with Crippen molar-refractivity contribution in [2.24, 2.45) is 10.7 Å². The summed E-state index contributed by atoms with van der Waals surface area (Å²) in [4.78, 5) is 4.53. The number of nitrogens with zero attached hydrogens (tertiary/aromatic N) is 1. The molecule has 88 valence electrons. The Kier molecular flexibility index (Phi) is 5.91. The van der Waals surface area contributed by atoms with Gasteiger partial charge in [-0.1, -0.05) is 42.1 Å². The summed E-state index contributed by atoms with van der Waals surface area (Å²) >= 11 is 1.68. The van der Waals surface area contributed by atoms with Crippen molar-refractivity contribution in [3.63, 3.8) is 0 Å². The smallest absolute Gasteiger partial charge is 0.154 e. The summed E-state index contributed by atoms with van der Waals surface area (Å²) < 4.78 is 0.